The fourth-order valence-electron chi connectivity index (χ4n) is 2.83. The molecular formula is C16H19N3OS. The number of aromatic nitrogens is 2. The van der Waals surface area contributed by atoms with Crippen LogP contribution in [0.2, 0.25) is 0 Å². The summed E-state index contributed by atoms with van der Waals surface area (Å²) in [5, 5.41) is 3.06. The molecule has 2 aromatic rings. The quantitative estimate of drug-likeness (QED) is 0.871. The monoisotopic (exact) mass is 301 g/mol. The summed E-state index contributed by atoms with van der Waals surface area (Å²) in [6, 6.07) is 4.12. The lowest BCUT2D eigenvalue weighted by Gasteiger charge is -2.34. The smallest absolute Gasteiger partial charge is 0.223 e. The molecule has 1 saturated heterocycles. The van der Waals surface area contributed by atoms with E-state index in [4.69, 9.17) is 0 Å². The Morgan fingerprint density at radius 2 is 2.33 bits per heavy atom. The van der Waals surface area contributed by atoms with Crippen LogP contribution in [-0.2, 0) is 11.2 Å². The van der Waals surface area contributed by atoms with Gasteiger partial charge < -0.3 is 4.90 Å². The standard InChI is InChI=1S/C16H19N3OS/c20-15(7-6-13-4-3-8-17-12-13)19-10-2-1-5-14(19)16-18-9-11-21-16/h3-4,8-9,11-12,14H,1-2,5-7,10H2/t14-/m0/s1. The molecule has 0 N–H and O–H groups in total. The molecule has 110 valence electrons. The normalized spacial score (nSPS) is 18.7. The molecule has 0 spiro atoms. The van der Waals surface area contributed by atoms with Gasteiger partial charge in [0.15, 0.2) is 0 Å². The van der Waals surface area contributed by atoms with E-state index in [-0.39, 0.29) is 11.9 Å². The van der Waals surface area contributed by atoms with E-state index in [2.05, 4.69) is 9.97 Å². The van der Waals surface area contributed by atoms with Crippen LogP contribution in [0.5, 0.6) is 0 Å². The second kappa shape index (κ2) is 6.80. The van der Waals surface area contributed by atoms with E-state index in [9.17, 15) is 4.79 Å². The molecule has 1 aliphatic rings. The second-order valence-electron chi connectivity index (χ2n) is 5.33. The van der Waals surface area contributed by atoms with E-state index in [0.717, 1.165) is 36.4 Å². The lowest BCUT2D eigenvalue weighted by atomic mass is 10.0. The molecular weight excluding hydrogens is 282 g/mol. The van der Waals surface area contributed by atoms with Crippen molar-refractivity contribution in [3.63, 3.8) is 0 Å². The predicted molar refractivity (Wildman–Crippen MR) is 83.0 cm³/mol. The number of piperidine rings is 1. The third kappa shape index (κ3) is 3.47. The Labute approximate surface area is 128 Å². The van der Waals surface area contributed by atoms with Crippen LogP contribution in [0.4, 0.5) is 0 Å². The van der Waals surface area contributed by atoms with E-state index < -0.39 is 0 Å². The summed E-state index contributed by atoms with van der Waals surface area (Å²) >= 11 is 1.65. The zero-order chi connectivity index (χ0) is 14.5. The zero-order valence-corrected chi connectivity index (χ0v) is 12.8. The molecule has 3 heterocycles. The van der Waals surface area contributed by atoms with Crippen LogP contribution in [0.15, 0.2) is 36.1 Å². The number of carbonyl (C=O) groups excluding carboxylic acids is 1. The highest BCUT2D eigenvalue weighted by Gasteiger charge is 2.29. The first-order valence-electron chi connectivity index (χ1n) is 7.42. The lowest BCUT2D eigenvalue weighted by molar-refractivity contribution is -0.135. The molecule has 21 heavy (non-hydrogen) atoms. The molecule has 0 aromatic carbocycles. The maximum absolute atomic E-state index is 12.6. The highest BCUT2D eigenvalue weighted by atomic mass is 32.1. The molecule has 0 unspecified atom stereocenters. The van der Waals surface area contributed by atoms with E-state index in [0.29, 0.717) is 6.42 Å². The van der Waals surface area contributed by atoms with Gasteiger partial charge in [0.1, 0.15) is 5.01 Å². The zero-order valence-electron chi connectivity index (χ0n) is 11.9. The summed E-state index contributed by atoms with van der Waals surface area (Å²) in [6.45, 7) is 0.857. The summed E-state index contributed by atoms with van der Waals surface area (Å²) in [5.41, 5.74) is 1.12. The molecule has 1 atom stereocenters. The van der Waals surface area contributed by atoms with Crippen molar-refractivity contribution in [3.05, 3.63) is 46.7 Å². The topological polar surface area (TPSA) is 46.1 Å². The molecule has 5 heteroatoms. The first-order chi connectivity index (χ1) is 10.3. The van der Waals surface area contributed by atoms with Gasteiger partial charge in [-0.1, -0.05) is 6.07 Å². The van der Waals surface area contributed by atoms with Gasteiger partial charge in [-0.25, -0.2) is 4.98 Å². The van der Waals surface area contributed by atoms with Crippen LogP contribution in [0.3, 0.4) is 0 Å². The predicted octanol–water partition coefficient (Wildman–Crippen LogP) is 3.22. The number of thiazole rings is 1. The molecule has 0 saturated carbocycles. The number of amides is 1. The Hall–Kier alpha value is -1.75. The minimum Gasteiger partial charge on any atom is -0.333 e. The molecule has 1 aliphatic heterocycles. The van der Waals surface area contributed by atoms with Gasteiger partial charge in [-0.15, -0.1) is 11.3 Å². The van der Waals surface area contributed by atoms with Crippen LogP contribution in [0.25, 0.3) is 0 Å². The van der Waals surface area contributed by atoms with Crippen molar-refractivity contribution in [1.29, 1.82) is 0 Å². The molecule has 2 aromatic heterocycles. The van der Waals surface area contributed by atoms with Crippen LogP contribution in [0.1, 0.15) is 42.3 Å². The molecule has 4 nitrogen and oxygen atoms in total. The minimum absolute atomic E-state index is 0.181. The average molecular weight is 301 g/mol. The van der Waals surface area contributed by atoms with Crippen LogP contribution in [0, 0.1) is 0 Å². The Balaban J connectivity index is 1.64. The van der Waals surface area contributed by atoms with Gasteiger partial charge >= 0.3 is 0 Å². The average Bonchev–Trinajstić information content (AvgIpc) is 3.08. The third-order valence-electron chi connectivity index (χ3n) is 3.91. The number of nitrogens with zero attached hydrogens (tertiary/aromatic N) is 3. The molecule has 1 amide bonds. The van der Waals surface area contributed by atoms with Crippen molar-refractivity contribution >= 4 is 17.2 Å². The second-order valence-corrected chi connectivity index (χ2v) is 6.26. The van der Waals surface area contributed by atoms with E-state index in [1.807, 2.05) is 34.8 Å². The number of likely N-dealkylation sites (tertiary alicyclic amines) is 1. The van der Waals surface area contributed by atoms with Gasteiger partial charge in [-0.05, 0) is 37.3 Å². The number of aryl methyl sites for hydroxylation is 1. The van der Waals surface area contributed by atoms with Crippen LogP contribution < -0.4 is 0 Å². The van der Waals surface area contributed by atoms with Gasteiger partial charge in [0, 0.05) is 36.9 Å². The fourth-order valence-corrected chi connectivity index (χ4v) is 3.61. The maximum atomic E-state index is 12.6. The number of carbonyl (C=O) groups is 1. The van der Waals surface area contributed by atoms with Gasteiger partial charge in [0.2, 0.25) is 5.91 Å². The Morgan fingerprint density at radius 3 is 3.10 bits per heavy atom. The maximum Gasteiger partial charge on any atom is 0.223 e. The van der Waals surface area contributed by atoms with Crippen molar-refractivity contribution in [3.8, 4) is 0 Å². The van der Waals surface area contributed by atoms with Crippen molar-refractivity contribution < 1.29 is 4.79 Å². The first-order valence-corrected chi connectivity index (χ1v) is 8.30. The highest BCUT2D eigenvalue weighted by molar-refractivity contribution is 7.09. The van der Waals surface area contributed by atoms with E-state index in [1.54, 1.807) is 17.5 Å². The summed E-state index contributed by atoms with van der Waals surface area (Å²) in [5.74, 6) is 0.235. The number of hydrogen-bond donors (Lipinski definition) is 0. The minimum atomic E-state index is 0.181. The fraction of sp³-hybridized carbons (Fsp3) is 0.438. The van der Waals surface area contributed by atoms with E-state index in [1.165, 1.54) is 6.42 Å². The number of pyridine rings is 1. The van der Waals surface area contributed by atoms with Gasteiger partial charge in [-0.3, -0.25) is 9.78 Å². The van der Waals surface area contributed by atoms with Gasteiger partial charge in [0.25, 0.3) is 0 Å². The Bertz CT molecular complexity index is 570. The summed E-state index contributed by atoms with van der Waals surface area (Å²) in [6.07, 6.45) is 10.0. The molecule has 0 radical (unpaired) electrons. The molecule has 3 rings (SSSR count). The Kier molecular flexibility index (Phi) is 4.60. The highest BCUT2D eigenvalue weighted by Crippen LogP contribution is 2.32. The molecule has 1 fully saturated rings. The van der Waals surface area contributed by atoms with Crippen molar-refractivity contribution in [2.75, 3.05) is 6.54 Å². The van der Waals surface area contributed by atoms with Gasteiger partial charge in [0.05, 0.1) is 6.04 Å². The SMILES string of the molecule is O=C(CCc1cccnc1)N1CCCC[C@H]1c1nccs1. The van der Waals surface area contributed by atoms with Crippen molar-refractivity contribution in [2.24, 2.45) is 0 Å². The van der Waals surface area contributed by atoms with Crippen molar-refractivity contribution in [1.82, 2.24) is 14.9 Å². The number of hydrogen-bond acceptors (Lipinski definition) is 4. The van der Waals surface area contributed by atoms with Crippen LogP contribution >= 0.6 is 11.3 Å². The van der Waals surface area contributed by atoms with Crippen molar-refractivity contribution in [2.45, 2.75) is 38.1 Å². The van der Waals surface area contributed by atoms with Crippen LogP contribution in [-0.4, -0.2) is 27.3 Å². The first kappa shape index (κ1) is 14.2. The summed E-state index contributed by atoms with van der Waals surface area (Å²) in [7, 11) is 0. The summed E-state index contributed by atoms with van der Waals surface area (Å²) < 4.78 is 0. The largest absolute Gasteiger partial charge is 0.333 e. The summed E-state index contributed by atoms with van der Waals surface area (Å²) in [4.78, 5) is 23.1. The molecule has 0 bridgehead atoms. The lowest BCUT2D eigenvalue weighted by Crippen LogP contribution is -2.38. The molecule has 0 aliphatic carbocycles. The van der Waals surface area contributed by atoms with Gasteiger partial charge in [-0.2, -0.15) is 0 Å². The number of rotatable bonds is 4. The Morgan fingerprint density at radius 1 is 1.38 bits per heavy atom. The third-order valence-corrected chi connectivity index (χ3v) is 4.79. The van der Waals surface area contributed by atoms with E-state index >= 15 is 0 Å².